The minimum Gasteiger partial charge on any atom is -0.461 e. The Kier molecular flexibility index (Phi) is 7.18. The van der Waals surface area contributed by atoms with Gasteiger partial charge in [0, 0.05) is 12.5 Å². The van der Waals surface area contributed by atoms with E-state index in [1.807, 2.05) is 6.92 Å². The Hall–Kier alpha value is -1.46. The van der Waals surface area contributed by atoms with Gasteiger partial charge in [0.25, 0.3) is 0 Å². The van der Waals surface area contributed by atoms with Crippen LogP contribution in [0.25, 0.3) is 0 Å². The van der Waals surface area contributed by atoms with Gasteiger partial charge < -0.3 is 15.2 Å². The van der Waals surface area contributed by atoms with Gasteiger partial charge in [-0.15, -0.1) is 0 Å². The van der Waals surface area contributed by atoms with Crippen molar-refractivity contribution in [3.05, 3.63) is 35.6 Å². The highest BCUT2D eigenvalue weighted by atomic mass is 19.1. The summed E-state index contributed by atoms with van der Waals surface area (Å²) in [4.78, 5) is 12.1. The number of benzene rings is 1. The van der Waals surface area contributed by atoms with Crippen molar-refractivity contribution in [2.45, 2.75) is 64.2 Å². The molecule has 2 rings (SSSR count). The molecule has 1 aromatic rings. The van der Waals surface area contributed by atoms with Crippen LogP contribution in [0.5, 0.6) is 0 Å². The molecule has 0 bridgehead atoms. The molecule has 1 aliphatic rings. The minimum atomic E-state index is -0.566. The van der Waals surface area contributed by atoms with Crippen LogP contribution in [0, 0.1) is 11.7 Å². The molecule has 0 unspecified atom stereocenters. The number of cyclic esters (lactones) is 1. The largest absolute Gasteiger partial charge is 0.461 e. The fourth-order valence-electron chi connectivity index (χ4n) is 3.20. The van der Waals surface area contributed by atoms with Gasteiger partial charge in [-0.3, -0.25) is 4.79 Å². The highest BCUT2D eigenvalue weighted by molar-refractivity contribution is 5.75. The maximum absolute atomic E-state index is 13.1. The van der Waals surface area contributed by atoms with Crippen LogP contribution in [0.3, 0.4) is 0 Å². The number of carbonyl (C=O) groups excluding carboxylic acids is 1. The first-order chi connectivity index (χ1) is 11.5. The summed E-state index contributed by atoms with van der Waals surface area (Å²) in [6, 6.07) is 5.90. The first-order valence-electron chi connectivity index (χ1n) is 8.83. The highest BCUT2D eigenvalue weighted by Crippen LogP contribution is 2.27. The molecule has 0 spiro atoms. The zero-order valence-electron chi connectivity index (χ0n) is 14.5. The molecule has 4 nitrogen and oxygen atoms in total. The van der Waals surface area contributed by atoms with Crippen molar-refractivity contribution in [2.24, 2.45) is 11.7 Å². The van der Waals surface area contributed by atoms with Crippen LogP contribution in [-0.4, -0.2) is 30.8 Å². The van der Waals surface area contributed by atoms with E-state index >= 15 is 0 Å². The van der Waals surface area contributed by atoms with Crippen molar-refractivity contribution in [3.63, 3.8) is 0 Å². The van der Waals surface area contributed by atoms with Gasteiger partial charge in [-0.2, -0.15) is 0 Å². The molecule has 0 aliphatic carbocycles. The van der Waals surface area contributed by atoms with Crippen LogP contribution in [0.4, 0.5) is 4.39 Å². The monoisotopic (exact) mass is 337 g/mol. The third-order valence-electron chi connectivity index (χ3n) is 4.61. The van der Waals surface area contributed by atoms with Gasteiger partial charge in [-0.25, -0.2) is 4.39 Å². The van der Waals surface area contributed by atoms with Gasteiger partial charge in [0.1, 0.15) is 18.0 Å². The first-order valence-corrected chi connectivity index (χ1v) is 8.83. The van der Waals surface area contributed by atoms with Crippen LogP contribution in [-0.2, 0) is 20.7 Å². The lowest BCUT2D eigenvalue weighted by atomic mass is 9.87. The molecule has 1 fully saturated rings. The molecule has 0 radical (unpaired) electrons. The zero-order valence-corrected chi connectivity index (χ0v) is 14.5. The number of hydrogen-bond acceptors (Lipinski definition) is 4. The number of carbonyl (C=O) groups is 1. The Morgan fingerprint density at radius 1 is 1.29 bits per heavy atom. The second kappa shape index (κ2) is 9.14. The second-order valence-corrected chi connectivity index (χ2v) is 6.58. The maximum atomic E-state index is 13.1. The fraction of sp³-hybridized carbons (Fsp3) is 0.632. The topological polar surface area (TPSA) is 61.5 Å². The average molecular weight is 337 g/mol. The Morgan fingerprint density at radius 3 is 2.67 bits per heavy atom. The zero-order chi connectivity index (χ0) is 17.5. The van der Waals surface area contributed by atoms with Crippen LogP contribution in [0.1, 0.15) is 45.1 Å². The van der Waals surface area contributed by atoms with Gasteiger partial charge >= 0.3 is 5.97 Å². The van der Waals surface area contributed by atoms with E-state index in [0.717, 1.165) is 24.8 Å². The first kappa shape index (κ1) is 18.9. The fourth-order valence-corrected chi connectivity index (χ4v) is 3.20. The normalized spacial score (nSPS) is 28.6. The quantitative estimate of drug-likeness (QED) is 0.838. The van der Waals surface area contributed by atoms with E-state index in [0.29, 0.717) is 19.4 Å². The third kappa shape index (κ3) is 5.28. The molecule has 1 heterocycles. The molecule has 0 saturated carbocycles. The second-order valence-electron chi connectivity index (χ2n) is 6.58. The number of nitrogens with two attached hydrogens (primary N) is 1. The summed E-state index contributed by atoms with van der Waals surface area (Å²) in [5.74, 6) is -0.573. The molecule has 1 aromatic carbocycles. The van der Waals surface area contributed by atoms with Gasteiger partial charge in [-0.1, -0.05) is 19.1 Å². The number of esters is 1. The molecule has 24 heavy (non-hydrogen) atoms. The SMILES string of the molecule is CCCO[C@H]1CCC[C@H](N)C(=O)O[C@@H](C)[C@@H]1Cc1ccc(F)cc1. The molecule has 1 aliphatic heterocycles. The van der Waals surface area contributed by atoms with E-state index in [-0.39, 0.29) is 29.9 Å². The van der Waals surface area contributed by atoms with Gasteiger partial charge in [0.2, 0.25) is 0 Å². The lowest BCUT2D eigenvalue weighted by Crippen LogP contribution is -2.39. The number of ether oxygens (including phenoxy) is 2. The summed E-state index contributed by atoms with van der Waals surface area (Å²) in [6.07, 6.45) is 3.61. The predicted molar refractivity (Wildman–Crippen MR) is 91.0 cm³/mol. The summed E-state index contributed by atoms with van der Waals surface area (Å²) in [6.45, 7) is 4.65. The van der Waals surface area contributed by atoms with Crippen molar-refractivity contribution < 1.29 is 18.7 Å². The minimum absolute atomic E-state index is 0.00287. The summed E-state index contributed by atoms with van der Waals surface area (Å²) >= 11 is 0. The van der Waals surface area contributed by atoms with Crippen LogP contribution in [0.2, 0.25) is 0 Å². The van der Waals surface area contributed by atoms with Crippen LogP contribution in [0.15, 0.2) is 24.3 Å². The predicted octanol–water partition coefficient (Wildman–Crippen LogP) is 3.22. The average Bonchev–Trinajstić information content (AvgIpc) is 2.60. The Labute approximate surface area is 143 Å². The van der Waals surface area contributed by atoms with Crippen molar-refractivity contribution in [3.8, 4) is 0 Å². The molecule has 5 heteroatoms. The highest BCUT2D eigenvalue weighted by Gasteiger charge is 2.33. The molecule has 0 amide bonds. The summed E-state index contributed by atoms with van der Waals surface area (Å²) < 4.78 is 24.8. The summed E-state index contributed by atoms with van der Waals surface area (Å²) in [5.41, 5.74) is 6.89. The van der Waals surface area contributed by atoms with Crippen LogP contribution >= 0.6 is 0 Å². The van der Waals surface area contributed by atoms with Crippen molar-refractivity contribution in [1.29, 1.82) is 0 Å². The number of halogens is 1. The smallest absolute Gasteiger partial charge is 0.323 e. The number of rotatable bonds is 5. The molecule has 2 N–H and O–H groups in total. The molecule has 4 atom stereocenters. The maximum Gasteiger partial charge on any atom is 0.323 e. The van der Waals surface area contributed by atoms with E-state index in [1.165, 1.54) is 12.1 Å². The van der Waals surface area contributed by atoms with E-state index < -0.39 is 6.04 Å². The molecular weight excluding hydrogens is 309 g/mol. The summed E-state index contributed by atoms with van der Waals surface area (Å²) in [7, 11) is 0. The lowest BCUT2D eigenvalue weighted by molar-refractivity contribution is -0.154. The van der Waals surface area contributed by atoms with Crippen LogP contribution < -0.4 is 5.73 Å². The van der Waals surface area contributed by atoms with Crippen molar-refractivity contribution in [1.82, 2.24) is 0 Å². The summed E-state index contributed by atoms with van der Waals surface area (Å²) in [5, 5.41) is 0. The Bertz CT molecular complexity index is 520. The van der Waals surface area contributed by atoms with Gasteiger partial charge in [0.15, 0.2) is 0 Å². The van der Waals surface area contributed by atoms with E-state index in [4.69, 9.17) is 15.2 Å². The molecule has 134 valence electrons. The van der Waals surface area contributed by atoms with E-state index in [9.17, 15) is 9.18 Å². The third-order valence-corrected chi connectivity index (χ3v) is 4.61. The molecule has 1 saturated heterocycles. The van der Waals surface area contributed by atoms with Crippen molar-refractivity contribution >= 4 is 5.97 Å². The molecular formula is C19H28FNO3. The standard InChI is InChI=1S/C19H28FNO3/c1-3-11-23-18-6-4-5-17(21)19(22)24-13(2)16(18)12-14-7-9-15(20)10-8-14/h7-10,13,16-18H,3-6,11-12,21H2,1-2H3/t13-,16-,17-,18-/m0/s1. The van der Waals surface area contributed by atoms with Gasteiger partial charge in [0.05, 0.1) is 6.10 Å². The molecule has 0 aromatic heterocycles. The lowest BCUT2D eigenvalue weighted by Gasteiger charge is -2.31. The van der Waals surface area contributed by atoms with E-state index in [1.54, 1.807) is 12.1 Å². The van der Waals surface area contributed by atoms with Gasteiger partial charge in [-0.05, 0) is 56.7 Å². The number of hydrogen-bond donors (Lipinski definition) is 1. The Balaban J connectivity index is 2.19. The van der Waals surface area contributed by atoms with E-state index in [2.05, 4.69) is 6.92 Å². The Morgan fingerprint density at radius 2 is 2.00 bits per heavy atom. The van der Waals surface area contributed by atoms with Crippen molar-refractivity contribution in [2.75, 3.05) is 6.61 Å².